The van der Waals surface area contributed by atoms with Crippen LogP contribution in [0.15, 0.2) is 12.4 Å². The molecule has 0 saturated carbocycles. The van der Waals surface area contributed by atoms with Crippen LogP contribution in [-0.2, 0) is 13.0 Å². The van der Waals surface area contributed by atoms with Crippen molar-refractivity contribution in [3.63, 3.8) is 0 Å². The molecule has 1 aromatic heterocycles. The van der Waals surface area contributed by atoms with E-state index in [2.05, 4.69) is 16.9 Å². The first-order chi connectivity index (χ1) is 5.86. The molecule has 0 fully saturated rings. The molecule has 0 bridgehead atoms. The maximum absolute atomic E-state index is 5.42. The first kappa shape index (κ1) is 9.13. The van der Waals surface area contributed by atoms with E-state index in [0.29, 0.717) is 6.54 Å². The van der Waals surface area contributed by atoms with E-state index in [1.54, 1.807) is 12.4 Å². The maximum atomic E-state index is 5.42. The number of rotatable bonds is 4. The Morgan fingerprint density at radius 2 is 2.00 bits per heavy atom. The van der Waals surface area contributed by atoms with Gasteiger partial charge < -0.3 is 5.73 Å². The van der Waals surface area contributed by atoms with Crippen molar-refractivity contribution in [1.29, 1.82) is 0 Å². The number of hydrogen-bond acceptors (Lipinski definition) is 3. The molecule has 0 aliphatic carbocycles. The zero-order chi connectivity index (χ0) is 8.81. The Balaban J connectivity index is 2.53. The summed E-state index contributed by atoms with van der Waals surface area (Å²) >= 11 is 0. The molecule has 0 radical (unpaired) electrons. The van der Waals surface area contributed by atoms with Crippen LogP contribution in [0.25, 0.3) is 0 Å². The fourth-order valence-electron chi connectivity index (χ4n) is 0.951. The molecule has 66 valence electrons. The average molecular weight is 165 g/mol. The third kappa shape index (κ3) is 2.58. The molecule has 0 unspecified atom stereocenters. The Bertz CT molecular complexity index is 218. The molecule has 2 N–H and O–H groups in total. The molecule has 3 heteroatoms. The number of hydrogen-bond donors (Lipinski definition) is 1. The predicted molar refractivity (Wildman–Crippen MR) is 48.5 cm³/mol. The van der Waals surface area contributed by atoms with Crippen molar-refractivity contribution in [1.82, 2.24) is 9.97 Å². The highest BCUT2D eigenvalue weighted by atomic mass is 14.9. The maximum Gasteiger partial charge on any atom is 0.128 e. The van der Waals surface area contributed by atoms with Gasteiger partial charge >= 0.3 is 0 Å². The van der Waals surface area contributed by atoms with E-state index in [1.807, 2.05) is 0 Å². The summed E-state index contributed by atoms with van der Waals surface area (Å²) in [5, 5.41) is 0. The van der Waals surface area contributed by atoms with E-state index in [4.69, 9.17) is 5.73 Å². The van der Waals surface area contributed by atoms with E-state index in [1.165, 1.54) is 6.42 Å². The molecular formula is C9H15N3. The minimum absolute atomic E-state index is 0.522. The molecule has 1 rings (SSSR count). The topological polar surface area (TPSA) is 51.8 Å². The Morgan fingerprint density at radius 3 is 2.50 bits per heavy atom. The fraction of sp³-hybridized carbons (Fsp3) is 0.556. The Labute approximate surface area is 73.0 Å². The Hall–Kier alpha value is -0.960. The van der Waals surface area contributed by atoms with Crippen LogP contribution in [0.5, 0.6) is 0 Å². The molecular weight excluding hydrogens is 150 g/mol. The lowest BCUT2D eigenvalue weighted by Crippen LogP contribution is -2.01. The van der Waals surface area contributed by atoms with Crippen molar-refractivity contribution < 1.29 is 0 Å². The fourth-order valence-corrected chi connectivity index (χ4v) is 0.951. The standard InChI is InChI=1S/C9H15N3/c1-2-3-4-9-11-6-8(5-10)7-12-9/h6-7H,2-5,10H2,1H3. The Kier molecular flexibility index (Phi) is 3.67. The van der Waals surface area contributed by atoms with Gasteiger partial charge in [0.25, 0.3) is 0 Å². The number of aryl methyl sites for hydroxylation is 1. The highest BCUT2D eigenvalue weighted by Crippen LogP contribution is 1.99. The highest BCUT2D eigenvalue weighted by Gasteiger charge is 1.95. The average Bonchev–Trinajstić information content (AvgIpc) is 2.15. The van der Waals surface area contributed by atoms with Crippen molar-refractivity contribution >= 4 is 0 Å². The second kappa shape index (κ2) is 4.83. The number of nitrogens with two attached hydrogens (primary N) is 1. The molecule has 0 saturated heterocycles. The molecule has 0 spiro atoms. The van der Waals surface area contributed by atoms with Gasteiger partial charge in [0, 0.05) is 30.9 Å². The summed E-state index contributed by atoms with van der Waals surface area (Å²) in [6.45, 7) is 2.68. The monoisotopic (exact) mass is 165 g/mol. The SMILES string of the molecule is CCCCc1ncc(CN)cn1. The van der Waals surface area contributed by atoms with Gasteiger partial charge in [-0.05, 0) is 6.42 Å². The molecule has 0 amide bonds. The van der Waals surface area contributed by atoms with E-state index < -0.39 is 0 Å². The zero-order valence-corrected chi connectivity index (χ0v) is 7.45. The molecule has 0 aliphatic heterocycles. The van der Waals surface area contributed by atoms with Gasteiger partial charge in [0.2, 0.25) is 0 Å². The summed E-state index contributed by atoms with van der Waals surface area (Å²) in [6, 6.07) is 0. The van der Waals surface area contributed by atoms with Crippen molar-refractivity contribution in [2.75, 3.05) is 0 Å². The Morgan fingerprint density at radius 1 is 1.33 bits per heavy atom. The van der Waals surface area contributed by atoms with Crippen molar-refractivity contribution in [3.05, 3.63) is 23.8 Å². The number of unbranched alkanes of at least 4 members (excludes halogenated alkanes) is 1. The zero-order valence-electron chi connectivity index (χ0n) is 7.45. The van der Waals surface area contributed by atoms with Gasteiger partial charge in [-0.1, -0.05) is 13.3 Å². The van der Waals surface area contributed by atoms with E-state index in [-0.39, 0.29) is 0 Å². The third-order valence-electron chi connectivity index (χ3n) is 1.75. The normalized spacial score (nSPS) is 10.2. The van der Waals surface area contributed by atoms with Crippen LogP contribution >= 0.6 is 0 Å². The van der Waals surface area contributed by atoms with Crippen molar-refractivity contribution in [3.8, 4) is 0 Å². The lowest BCUT2D eigenvalue weighted by Gasteiger charge is -1.98. The molecule has 1 heterocycles. The van der Waals surface area contributed by atoms with E-state index in [0.717, 1.165) is 24.2 Å². The number of aromatic nitrogens is 2. The summed E-state index contributed by atoms with van der Waals surface area (Å²) in [7, 11) is 0. The molecule has 0 aliphatic rings. The van der Waals surface area contributed by atoms with Crippen molar-refractivity contribution in [2.45, 2.75) is 32.7 Å². The van der Waals surface area contributed by atoms with Gasteiger partial charge in [0.05, 0.1) is 0 Å². The third-order valence-corrected chi connectivity index (χ3v) is 1.75. The summed E-state index contributed by atoms with van der Waals surface area (Å²) < 4.78 is 0. The molecule has 0 atom stereocenters. The lowest BCUT2D eigenvalue weighted by molar-refractivity contribution is 0.748. The highest BCUT2D eigenvalue weighted by molar-refractivity contribution is 5.04. The molecule has 0 aromatic carbocycles. The van der Waals surface area contributed by atoms with Crippen LogP contribution in [0, 0.1) is 0 Å². The number of nitrogens with zero attached hydrogens (tertiary/aromatic N) is 2. The second-order valence-electron chi connectivity index (χ2n) is 2.82. The van der Waals surface area contributed by atoms with Crippen LogP contribution in [0.2, 0.25) is 0 Å². The smallest absolute Gasteiger partial charge is 0.128 e. The van der Waals surface area contributed by atoms with Crippen LogP contribution in [0.4, 0.5) is 0 Å². The van der Waals surface area contributed by atoms with Gasteiger partial charge in [-0.25, -0.2) is 9.97 Å². The van der Waals surface area contributed by atoms with Gasteiger partial charge in [-0.15, -0.1) is 0 Å². The van der Waals surface area contributed by atoms with Crippen LogP contribution in [0.1, 0.15) is 31.2 Å². The first-order valence-electron chi connectivity index (χ1n) is 4.36. The second-order valence-corrected chi connectivity index (χ2v) is 2.82. The van der Waals surface area contributed by atoms with Gasteiger partial charge in [-0.3, -0.25) is 0 Å². The van der Waals surface area contributed by atoms with Gasteiger partial charge in [-0.2, -0.15) is 0 Å². The summed E-state index contributed by atoms with van der Waals surface area (Å²) in [4.78, 5) is 8.39. The summed E-state index contributed by atoms with van der Waals surface area (Å²) in [6.07, 6.45) is 6.92. The first-order valence-corrected chi connectivity index (χ1v) is 4.36. The quantitative estimate of drug-likeness (QED) is 0.731. The van der Waals surface area contributed by atoms with Gasteiger partial charge in [0.15, 0.2) is 0 Å². The van der Waals surface area contributed by atoms with Crippen LogP contribution in [-0.4, -0.2) is 9.97 Å². The molecule has 3 nitrogen and oxygen atoms in total. The van der Waals surface area contributed by atoms with Gasteiger partial charge in [0.1, 0.15) is 5.82 Å². The largest absolute Gasteiger partial charge is 0.326 e. The van der Waals surface area contributed by atoms with Crippen LogP contribution in [0.3, 0.4) is 0 Å². The molecule has 1 aromatic rings. The van der Waals surface area contributed by atoms with E-state index >= 15 is 0 Å². The minimum Gasteiger partial charge on any atom is -0.326 e. The minimum atomic E-state index is 0.522. The summed E-state index contributed by atoms with van der Waals surface area (Å²) in [5.74, 6) is 0.925. The predicted octanol–water partition coefficient (Wildman–Crippen LogP) is 1.28. The van der Waals surface area contributed by atoms with Crippen LogP contribution < -0.4 is 5.73 Å². The summed E-state index contributed by atoms with van der Waals surface area (Å²) in [5.41, 5.74) is 6.42. The van der Waals surface area contributed by atoms with Crippen molar-refractivity contribution in [2.24, 2.45) is 5.73 Å². The van der Waals surface area contributed by atoms with E-state index in [9.17, 15) is 0 Å². The molecule has 12 heavy (non-hydrogen) atoms. The lowest BCUT2D eigenvalue weighted by atomic mass is 10.2.